The number of aliphatic hydroxyl groups excluding tert-OH is 2. The Morgan fingerprint density at radius 2 is 0.545 bits per heavy atom. The lowest BCUT2D eigenvalue weighted by atomic mass is 10.0. The second kappa shape index (κ2) is 34.1. The third-order valence-corrected chi connectivity index (χ3v) is 6.78. The molecule has 0 bridgehead atoms. The van der Waals surface area contributed by atoms with E-state index in [0.29, 0.717) is 0 Å². The van der Waals surface area contributed by atoms with Crippen LogP contribution < -0.4 is 0 Å². The van der Waals surface area contributed by atoms with Gasteiger partial charge in [0.1, 0.15) is 0 Å². The molecular weight excluding hydrogens is 404 g/mol. The van der Waals surface area contributed by atoms with Gasteiger partial charge in [-0.3, -0.25) is 0 Å². The molecule has 0 spiro atoms. The van der Waals surface area contributed by atoms with E-state index in [1.54, 1.807) is 6.92 Å². The van der Waals surface area contributed by atoms with Gasteiger partial charge in [0.15, 0.2) is 0 Å². The van der Waals surface area contributed by atoms with E-state index >= 15 is 0 Å². The Balaban J connectivity index is 0. The molecule has 0 saturated carbocycles. The van der Waals surface area contributed by atoms with Gasteiger partial charge in [0.05, 0.1) is 6.10 Å². The fourth-order valence-corrected chi connectivity index (χ4v) is 4.59. The van der Waals surface area contributed by atoms with Crippen molar-refractivity contribution >= 4 is 0 Å². The summed E-state index contributed by atoms with van der Waals surface area (Å²) < 4.78 is 0. The van der Waals surface area contributed by atoms with Crippen molar-refractivity contribution in [3.8, 4) is 0 Å². The van der Waals surface area contributed by atoms with Crippen LogP contribution in [0.25, 0.3) is 0 Å². The third-order valence-electron chi connectivity index (χ3n) is 6.78. The normalized spacial score (nSPS) is 11.9. The Kier molecular flexibility index (Phi) is 36.2. The van der Waals surface area contributed by atoms with Crippen LogP contribution in [0.4, 0.5) is 0 Å². The summed E-state index contributed by atoms with van der Waals surface area (Å²) in [6.45, 7) is 6.50. The van der Waals surface area contributed by atoms with Crippen LogP contribution in [0, 0.1) is 0 Å². The van der Waals surface area contributed by atoms with Crippen molar-refractivity contribution in [2.45, 2.75) is 194 Å². The van der Waals surface area contributed by atoms with Crippen LogP contribution in [0.3, 0.4) is 0 Å². The molecule has 0 aliphatic rings. The highest BCUT2D eigenvalue weighted by Crippen LogP contribution is 2.16. The molecule has 1 atom stereocenters. The maximum Gasteiger partial charge on any atom is 0.0540 e. The van der Waals surface area contributed by atoms with Gasteiger partial charge in [-0.15, -0.1) is 0 Å². The van der Waals surface area contributed by atoms with Crippen molar-refractivity contribution in [1.29, 1.82) is 0 Å². The zero-order valence-electron chi connectivity index (χ0n) is 23.6. The van der Waals surface area contributed by atoms with E-state index in [1.807, 2.05) is 0 Å². The van der Waals surface area contributed by atoms with Crippen molar-refractivity contribution in [2.24, 2.45) is 0 Å². The molecule has 0 aromatic carbocycles. The Morgan fingerprint density at radius 3 is 0.758 bits per heavy atom. The largest absolute Gasteiger partial charge is 0.397 e. The molecule has 0 rings (SSSR count). The van der Waals surface area contributed by atoms with E-state index in [1.165, 1.54) is 154 Å². The topological polar surface area (TPSA) is 40.5 Å². The lowest BCUT2D eigenvalue weighted by molar-refractivity contribution is 0.147. The molecule has 0 amide bonds. The number of hydrogen-bond donors (Lipinski definition) is 2. The average Bonchev–Trinajstić information content (AvgIpc) is 2.81. The first-order valence-corrected chi connectivity index (χ1v) is 15.5. The molecule has 202 valence electrons. The molecule has 0 aromatic rings. The van der Waals surface area contributed by atoms with Gasteiger partial charge in [0.25, 0.3) is 0 Å². The van der Waals surface area contributed by atoms with Crippen LogP contribution in [0.2, 0.25) is 0 Å². The lowest BCUT2D eigenvalue weighted by Crippen LogP contribution is -2.05. The minimum atomic E-state index is -0.0306. The first-order chi connectivity index (χ1) is 16.2. The molecule has 0 saturated heterocycles. The van der Waals surface area contributed by atoms with Gasteiger partial charge in [0.2, 0.25) is 0 Å². The molecule has 0 heterocycles. The first-order valence-electron chi connectivity index (χ1n) is 15.5. The van der Waals surface area contributed by atoms with Crippen LogP contribution in [0.1, 0.15) is 188 Å². The number of unbranched alkanes of at least 4 members (excludes halogenated alkanes) is 22. The molecular formula is C31H66O2. The van der Waals surface area contributed by atoms with Crippen molar-refractivity contribution < 1.29 is 10.2 Å². The average molecular weight is 471 g/mol. The molecule has 33 heavy (non-hydrogen) atoms. The van der Waals surface area contributed by atoms with Gasteiger partial charge in [-0.1, -0.05) is 168 Å². The Hall–Kier alpha value is -0.0800. The highest BCUT2D eigenvalue weighted by Gasteiger charge is 2.03. The second-order valence-corrected chi connectivity index (χ2v) is 10.3. The predicted octanol–water partition coefficient (Wildman–Crippen LogP) is 10.5. The number of rotatable bonds is 26. The predicted molar refractivity (Wildman–Crippen MR) is 150 cm³/mol. The van der Waals surface area contributed by atoms with Crippen LogP contribution in [0.15, 0.2) is 0 Å². The van der Waals surface area contributed by atoms with E-state index in [2.05, 4.69) is 13.8 Å². The standard InChI is InChI=1S/C29H60O.C2H6O/c1-3-5-7-9-11-12-13-14-15-16-17-18-19-20-22-24-26-28-29(30)27-25-23-21-10-8-6-4-2;1-2-3/h29-30H,3-28H2,1-2H3;3H,2H2,1H3. The minimum absolute atomic E-state index is 0.0306. The van der Waals surface area contributed by atoms with Crippen molar-refractivity contribution in [3.63, 3.8) is 0 Å². The summed E-state index contributed by atoms with van der Waals surface area (Å²) in [5.74, 6) is 0. The highest BCUT2D eigenvalue weighted by atomic mass is 16.3. The van der Waals surface area contributed by atoms with Crippen molar-refractivity contribution in [2.75, 3.05) is 6.61 Å². The molecule has 0 aromatic heterocycles. The van der Waals surface area contributed by atoms with E-state index in [0.717, 1.165) is 12.8 Å². The summed E-state index contributed by atoms with van der Waals surface area (Å²) in [4.78, 5) is 0. The Morgan fingerprint density at radius 1 is 0.364 bits per heavy atom. The van der Waals surface area contributed by atoms with E-state index in [-0.39, 0.29) is 12.7 Å². The first kappa shape index (κ1) is 35.1. The zero-order chi connectivity index (χ0) is 24.7. The fraction of sp³-hybridized carbons (Fsp3) is 1.00. The van der Waals surface area contributed by atoms with Crippen LogP contribution in [0.5, 0.6) is 0 Å². The molecule has 0 aliphatic carbocycles. The highest BCUT2D eigenvalue weighted by molar-refractivity contribution is 4.58. The van der Waals surface area contributed by atoms with Crippen molar-refractivity contribution in [1.82, 2.24) is 0 Å². The van der Waals surface area contributed by atoms with E-state index in [4.69, 9.17) is 5.11 Å². The molecule has 0 fully saturated rings. The molecule has 2 nitrogen and oxygen atoms in total. The van der Waals surface area contributed by atoms with Crippen LogP contribution in [-0.2, 0) is 0 Å². The SMILES string of the molecule is CCCCCCCCCCCCCCCCCCCC(O)CCCCCCCCC.CCO. The van der Waals surface area contributed by atoms with E-state index in [9.17, 15) is 5.11 Å². The molecule has 2 N–H and O–H groups in total. The van der Waals surface area contributed by atoms with E-state index < -0.39 is 0 Å². The summed E-state index contributed by atoms with van der Waals surface area (Å²) >= 11 is 0. The molecule has 0 aliphatic heterocycles. The molecule has 0 radical (unpaired) electrons. The Bertz CT molecular complexity index is 305. The third kappa shape index (κ3) is 36.7. The summed E-state index contributed by atoms with van der Waals surface area (Å²) in [6.07, 6.45) is 35.6. The molecule has 2 heteroatoms. The maximum absolute atomic E-state index is 10.1. The minimum Gasteiger partial charge on any atom is -0.397 e. The van der Waals surface area contributed by atoms with Crippen molar-refractivity contribution in [3.05, 3.63) is 0 Å². The second-order valence-electron chi connectivity index (χ2n) is 10.3. The molecule has 1 unspecified atom stereocenters. The lowest BCUT2D eigenvalue weighted by Gasteiger charge is -2.10. The van der Waals surface area contributed by atoms with Crippen LogP contribution in [-0.4, -0.2) is 22.9 Å². The Labute approximate surface area is 210 Å². The van der Waals surface area contributed by atoms with Gasteiger partial charge < -0.3 is 10.2 Å². The summed E-state index contributed by atoms with van der Waals surface area (Å²) in [5, 5.41) is 17.7. The van der Waals surface area contributed by atoms with Gasteiger partial charge >= 0.3 is 0 Å². The van der Waals surface area contributed by atoms with Gasteiger partial charge in [0, 0.05) is 6.61 Å². The number of aliphatic hydroxyl groups is 2. The van der Waals surface area contributed by atoms with Crippen LogP contribution >= 0.6 is 0 Å². The van der Waals surface area contributed by atoms with Gasteiger partial charge in [-0.25, -0.2) is 0 Å². The van der Waals surface area contributed by atoms with Gasteiger partial charge in [-0.05, 0) is 19.8 Å². The fourth-order valence-electron chi connectivity index (χ4n) is 4.59. The summed E-state index contributed by atoms with van der Waals surface area (Å²) in [7, 11) is 0. The number of hydrogen-bond acceptors (Lipinski definition) is 2. The maximum atomic E-state index is 10.1. The quantitative estimate of drug-likeness (QED) is 0.123. The summed E-state index contributed by atoms with van der Waals surface area (Å²) in [5.41, 5.74) is 0. The smallest absolute Gasteiger partial charge is 0.0540 e. The zero-order valence-corrected chi connectivity index (χ0v) is 23.6. The summed E-state index contributed by atoms with van der Waals surface area (Å²) in [6, 6.07) is 0. The van der Waals surface area contributed by atoms with Gasteiger partial charge in [-0.2, -0.15) is 0 Å². The monoisotopic (exact) mass is 471 g/mol.